The summed E-state index contributed by atoms with van der Waals surface area (Å²) in [5.74, 6) is 2.23. The van der Waals surface area contributed by atoms with E-state index in [1.807, 2.05) is 30.3 Å². The van der Waals surface area contributed by atoms with E-state index in [9.17, 15) is 4.79 Å². The van der Waals surface area contributed by atoms with E-state index in [-0.39, 0.29) is 17.6 Å². The summed E-state index contributed by atoms with van der Waals surface area (Å²) < 4.78 is 22.5. The van der Waals surface area contributed by atoms with Crippen molar-refractivity contribution in [2.45, 2.75) is 44.8 Å². The first-order valence-electron chi connectivity index (χ1n) is 10.6. The summed E-state index contributed by atoms with van der Waals surface area (Å²) >= 11 is 0. The van der Waals surface area contributed by atoms with Crippen LogP contribution in [0.4, 0.5) is 0 Å². The van der Waals surface area contributed by atoms with Gasteiger partial charge in [-0.3, -0.25) is 4.79 Å². The van der Waals surface area contributed by atoms with Gasteiger partial charge >= 0.3 is 0 Å². The van der Waals surface area contributed by atoms with Crippen LogP contribution in [0, 0.1) is 0 Å². The van der Waals surface area contributed by atoms with Crippen LogP contribution in [0.5, 0.6) is 23.0 Å². The molecule has 31 heavy (non-hydrogen) atoms. The summed E-state index contributed by atoms with van der Waals surface area (Å²) in [7, 11) is 4.68. The first kappa shape index (κ1) is 22.5. The average molecular weight is 426 g/mol. The van der Waals surface area contributed by atoms with Crippen molar-refractivity contribution in [1.29, 1.82) is 0 Å². The molecule has 0 spiro atoms. The molecule has 0 saturated heterocycles. The van der Waals surface area contributed by atoms with Crippen LogP contribution in [-0.4, -0.2) is 32.8 Å². The van der Waals surface area contributed by atoms with E-state index in [0.717, 1.165) is 36.1 Å². The van der Waals surface area contributed by atoms with Crippen LogP contribution in [0.1, 0.15) is 50.3 Å². The van der Waals surface area contributed by atoms with Gasteiger partial charge in [0.05, 0.1) is 27.4 Å². The molecular formula is C25H31NO5. The summed E-state index contributed by atoms with van der Waals surface area (Å²) in [4.78, 5) is 12.8. The van der Waals surface area contributed by atoms with Crippen LogP contribution < -0.4 is 24.3 Å². The van der Waals surface area contributed by atoms with E-state index >= 15 is 0 Å². The molecule has 6 nitrogen and oxygen atoms in total. The Morgan fingerprint density at radius 2 is 1.77 bits per heavy atom. The summed E-state index contributed by atoms with van der Waals surface area (Å²) in [6.45, 7) is 4.25. The van der Waals surface area contributed by atoms with Crippen LogP contribution in [0.25, 0.3) is 6.08 Å². The Balaban J connectivity index is 1.83. The van der Waals surface area contributed by atoms with Crippen LogP contribution in [0.3, 0.4) is 0 Å². The van der Waals surface area contributed by atoms with Crippen molar-refractivity contribution in [3.8, 4) is 23.0 Å². The van der Waals surface area contributed by atoms with Gasteiger partial charge in [-0.05, 0) is 37.1 Å². The Labute approximate surface area is 184 Å². The minimum atomic E-state index is -0.275. The molecule has 0 radical (unpaired) electrons. The van der Waals surface area contributed by atoms with Gasteiger partial charge in [0.15, 0.2) is 11.5 Å². The zero-order valence-corrected chi connectivity index (χ0v) is 18.9. The molecule has 6 heteroatoms. The molecule has 1 N–H and O–H groups in total. The fraction of sp³-hybridized carbons (Fsp3) is 0.400. The summed E-state index contributed by atoms with van der Waals surface area (Å²) in [6.07, 6.45) is 5.72. The number of ether oxygens (including phenoxy) is 4. The minimum absolute atomic E-state index is 0.116. The minimum Gasteiger partial charge on any atom is -0.493 e. The molecule has 1 heterocycles. The van der Waals surface area contributed by atoms with Gasteiger partial charge in [0.1, 0.15) is 11.4 Å². The summed E-state index contributed by atoms with van der Waals surface area (Å²) in [5.41, 5.74) is 1.45. The maximum Gasteiger partial charge on any atom is 0.244 e. The predicted octanol–water partition coefficient (Wildman–Crippen LogP) is 4.92. The molecule has 2 aromatic carbocycles. The lowest BCUT2D eigenvalue weighted by Crippen LogP contribution is -2.44. The number of benzene rings is 2. The van der Waals surface area contributed by atoms with Crippen molar-refractivity contribution in [3.05, 3.63) is 53.6 Å². The molecule has 0 aromatic heterocycles. The van der Waals surface area contributed by atoms with Gasteiger partial charge in [-0.2, -0.15) is 0 Å². The third-order valence-electron chi connectivity index (χ3n) is 5.95. The van der Waals surface area contributed by atoms with Crippen molar-refractivity contribution in [2.24, 2.45) is 0 Å². The molecule has 0 bridgehead atoms. The number of nitrogens with one attached hydrogen (secondary N) is 1. The number of amides is 1. The Hall–Kier alpha value is -3.15. The Morgan fingerprint density at radius 3 is 2.42 bits per heavy atom. The zero-order chi connectivity index (χ0) is 22.4. The van der Waals surface area contributed by atoms with Crippen molar-refractivity contribution in [2.75, 3.05) is 21.3 Å². The molecule has 1 aliphatic rings. The highest BCUT2D eigenvalue weighted by atomic mass is 16.5. The second kappa shape index (κ2) is 9.77. The monoisotopic (exact) mass is 425 g/mol. The number of hydrogen-bond acceptors (Lipinski definition) is 5. The SMILES string of the molecule is CCC1(CC)C[C@H](NC(=O)/C=C/c2ccc(OC)c(OC)c2OC)c2ccccc2O1. The van der Waals surface area contributed by atoms with E-state index in [0.29, 0.717) is 17.2 Å². The highest BCUT2D eigenvalue weighted by Gasteiger charge is 2.38. The van der Waals surface area contributed by atoms with Gasteiger partial charge < -0.3 is 24.3 Å². The van der Waals surface area contributed by atoms with Crippen LogP contribution in [0.15, 0.2) is 42.5 Å². The standard InChI is InChI=1S/C25H31NO5/c1-6-25(7-2)16-19(18-10-8-9-11-20(18)31-25)26-22(27)15-13-17-12-14-21(28-3)24(30-5)23(17)29-4/h8-15,19H,6-7,16H2,1-5H3,(H,26,27)/b15-13+/t19-/m0/s1. The molecule has 2 aromatic rings. The van der Waals surface area contributed by atoms with E-state index in [4.69, 9.17) is 18.9 Å². The Morgan fingerprint density at radius 1 is 1.06 bits per heavy atom. The lowest BCUT2D eigenvalue weighted by atomic mass is 9.83. The number of carbonyl (C=O) groups excluding carboxylic acids is 1. The third-order valence-corrected chi connectivity index (χ3v) is 5.95. The fourth-order valence-electron chi connectivity index (χ4n) is 4.07. The van der Waals surface area contributed by atoms with Crippen LogP contribution in [0.2, 0.25) is 0 Å². The van der Waals surface area contributed by atoms with Gasteiger partial charge in [0.25, 0.3) is 0 Å². The van der Waals surface area contributed by atoms with Gasteiger partial charge in [0.2, 0.25) is 11.7 Å². The molecule has 1 aliphatic heterocycles. The summed E-state index contributed by atoms with van der Waals surface area (Å²) in [5, 5.41) is 3.15. The van der Waals surface area contributed by atoms with Crippen LogP contribution in [-0.2, 0) is 4.79 Å². The molecule has 0 aliphatic carbocycles. The second-order valence-electron chi connectivity index (χ2n) is 7.55. The predicted molar refractivity (Wildman–Crippen MR) is 121 cm³/mol. The maximum atomic E-state index is 12.8. The second-order valence-corrected chi connectivity index (χ2v) is 7.55. The largest absolute Gasteiger partial charge is 0.493 e. The number of hydrogen-bond donors (Lipinski definition) is 1. The molecule has 0 fully saturated rings. The maximum absolute atomic E-state index is 12.8. The highest BCUT2D eigenvalue weighted by molar-refractivity contribution is 5.92. The van der Waals surface area contributed by atoms with Crippen molar-refractivity contribution in [3.63, 3.8) is 0 Å². The normalized spacial score (nSPS) is 16.9. The zero-order valence-electron chi connectivity index (χ0n) is 18.9. The topological polar surface area (TPSA) is 66.0 Å². The molecule has 1 amide bonds. The van der Waals surface area contributed by atoms with Gasteiger partial charge in [-0.15, -0.1) is 0 Å². The molecule has 3 rings (SSSR count). The molecule has 0 unspecified atom stereocenters. The van der Waals surface area contributed by atoms with E-state index in [2.05, 4.69) is 19.2 Å². The van der Waals surface area contributed by atoms with E-state index in [1.54, 1.807) is 33.5 Å². The van der Waals surface area contributed by atoms with Gasteiger partial charge in [0, 0.05) is 23.6 Å². The first-order chi connectivity index (χ1) is 15.0. The number of para-hydroxylation sites is 1. The highest BCUT2D eigenvalue weighted by Crippen LogP contribution is 2.43. The molecule has 166 valence electrons. The lowest BCUT2D eigenvalue weighted by molar-refractivity contribution is -0.117. The number of rotatable bonds is 8. The summed E-state index contributed by atoms with van der Waals surface area (Å²) in [6, 6.07) is 11.4. The quantitative estimate of drug-likeness (QED) is 0.608. The fourth-order valence-corrected chi connectivity index (χ4v) is 4.07. The Kier molecular flexibility index (Phi) is 7.10. The number of methoxy groups -OCH3 is 3. The third kappa shape index (κ3) is 4.63. The first-order valence-corrected chi connectivity index (χ1v) is 10.6. The van der Waals surface area contributed by atoms with Gasteiger partial charge in [-0.1, -0.05) is 32.0 Å². The lowest BCUT2D eigenvalue weighted by Gasteiger charge is -2.41. The Bertz CT molecular complexity index is 949. The molecule has 1 atom stereocenters. The van der Waals surface area contributed by atoms with E-state index < -0.39 is 0 Å². The van der Waals surface area contributed by atoms with E-state index in [1.165, 1.54) is 6.08 Å². The van der Waals surface area contributed by atoms with Crippen molar-refractivity contribution >= 4 is 12.0 Å². The molecular weight excluding hydrogens is 394 g/mol. The number of carbonyl (C=O) groups is 1. The van der Waals surface area contributed by atoms with Gasteiger partial charge in [-0.25, -0.2) is 0 Å². The molecule has 0 saturated carbocycles. The van der Waals surface area contributed by atoms with Crippen molar-refractivity contribution < 1.29 is 23.7 Å². The smallest absolute Gasteiger partial charge is 0.244 e. The average Bonchev–Trinajstić information content (AvgIpc) is 2.81. The van der Waals surface area contributed by atoms with Crippen molar-refractivity contribution in [1.82, 2.24) is 5.32 Å². The van der Waals surface area contributed by atoms with Crippen LogP contribution >= 0.6 is 0 Å². The number of fused-ring (bicyclic) bond motifs is 1.